The molecule has 3 aromatic rings. The van der Waals surface area contributed by atoms with Gasteiger partial charge in [-0.3, -0.25) is 14.9 Å². The lowest BCUT2D eigenvalue weighted by molar-refractivity contribution is -0.122. The second kappa shape index (κ2) is 11.5. The van der Waals surface area contributed by atoms with Gasteiger partial charge in [0.2, 0.25) is 0 Å². The maximum atomic E-state index is 13.3. The molecule has 4 amide bonds. The zero-order valence-corrected chi connectivity index (χ0v) is 24.2. The zero-order valence-electron chi connectivity index (χ0n) is 20.4. The van der Waals surface area contributed by atoms with Crippen molar-refractivity contribution in [2.24, 2.45) is 0 Å². The first-order valence-electron chi connectivity index (χ1n) is 11.5. The highest BCUT2D eigenvalue weighted by Crippen LogP contribution is 2.38. The van der Waals surface area contributed by atoms with Crippen molar-refractivity contribution in [3.8, 4) is 11.5 Å². The van der Waals surface area contributed by atoms with Crippen molar-refractivity contribution in [2.45, 2.75) is 27.4 Å². The molecule has 190 valence electrons. The van der Waals surface area contributed by atoms with Crippen molar-refractivity contribution in [3.63, 3.8) is 0 Å². The summed E-state index contributed by atoms with van der Waals surface area (Å²) in [5, 5.41) is 2.26. The molecule has 0 aliphatic carbocycles. The third-order valence-electron chi connectivity index (χ3n) is 5.79. The van der Waals surface area contributed by atoms with Gasteiger partial charge in [-0.25, -0.2) is 9.69 Å². The van der Waals surface area contributed by atoms with Gasteiger partial charge in [0.1, 0.15) is 12.2 Å². The number of anilines is 1. The second-order valence-electron chi connectivity index (χ2n) is 8.40. The number of hydrogen-bond donors (Lipinski definition) is 1. The first-order valence-corrected chi connectivity index (χ1v) is 13.4. The molecule has 4 rings (SSSR count). The molecule has 1 aliphatic rings. The van der Waals surface area contributed by atoms with Gasteiger partial charge < -0.3 is 9.47 Å². The smallest absolute Gasteiger partial charge is 0.335 e. The molecule has 0 atom stereocenters. The van der Waals surface area contributed by atoms with Gasteiger partial charge in [-0.2, -0.15) is 0 Å². The van der Waals surface area contributed by atoms with E-state index in [1.807, 2.05) is 51.1 Å². The van der Waals surface area contributed by atoms with Gasteiger partial charge in [0.15, 0.2) is 11.5 Å². The summed E-state index contributed by atoms with van der Waals surface area (Å²) in [6.07, 6.45) is 1.44. The first kappa shape index (κ1) is 26.9. The molecule has 7 nitrogen and oxygen atoms in total. The van der Waals surface area contributed by atoms with Gasteiger partial charge in [0.05, 0.1) is 16.8 Å². The van der Waals surface area contributed by atoms with E-state index in [1.54, 1.807) is 24.3 Å². The number of imide groups is 2. The van der Waals surface area contributed by atoms with Gasteiger partial charge in [-0.1, -0.05) is 18.2 Å². The van der Waals surface area contributed by atoms with Crippen molar-refractivity contribution in [1.82, 2.24) is 5.32 Å². The standard InChI is InChI=1S/C28H24BrIN2O5/c1-4-36-24-14-19(13-23(29)25(24)37-15-18-6-8-20(30)9-7-18)12-22-26(33)31-28(35)32(27(22)34)21-10-5-16(2)17(3)11-21/h5-14H,4,15H2,1-3H3,(H,31,33,35)/b22-12+. The fourth-order valence-corrected chi connectivity index (χ4v) is 4.67. The van der Waals surface area contributed by atoms with Crippen LogP contribution in [0.5, 0.6) is 11.5 Å². The molecule has 3 aromatic carbocycles. The van der Waals surface area contributed by atoms with Gasteiger partial charge in [-0.15, -0.1) is 0 Å². The average molecular weight is 675 g/mol. The van der Waals surface area contributed by atoms with Crippen LogP contribution in [0.25, 0.3) is 6.08 Å². The highest BCUT2D eigenvalue weighted by Gasteiger charge is 2.37. The summed E-state index contributed by atoms with van der Waals surface area (Å²) in [7, 11) is 0. The van der Waals surface area contributed by atoms with Gasteiger partial charge >= 0.3 is 6.03 Å². The maximum Gasteiger partial charge on any atom is 0.335 e. The van der Waals surface area contributed by atoms with Crippen molar-refractivity contribution in [2.75, 3.05) is 11.5 Å². The summed E-state index contributed by atoms with van der Waals surface area (Å²) >= 11 is 5.78. The molecule has 1 heterocycles. The minimum atomic E-state index is -0.786. The summed E-state index contributed by atoms with van der Waals surface area (Å²) in [6, 6.07) is 15.9. The lowest BCUT2D eigenvalue weighted by atomic mass is 10.0. The van der Waals surface area contributed by atoms with Crippen molar-refractivity contribution < 1.29 is 23.9 Å². The molecule has 1 N–H and O–H groups in total. The Morgan fingerprint density at radius 2 is 1.70 bits per heavy atom. The highest BCUT2D eigenvalue weighted by atomic mass is 127. The minimum Gasteiger partial charge on any atom is -0.490 e. The van der Waals surface area contributed by atoms with E-state index in [4.69, 9.17) is 9.47 Å². The van der Waals surface area contributed by atoms with E-state index in [1.165, 1.54) is 6.08 Å². The number of halogens is 2. The second-order valence-corrected chi connectivity index (χ2v) is 10.5. The molecular formula is C28H24BrIN2O5. The normalized spacial score (nSPS) is 14.7. The number of aryl methyl sites for hydroxylation is 2. The summed E-state index contributed by atoms with van der Waals surface area (Å²) in [5.74, 6) is -0.498. The zero-order chi connectivity index (χ0) is 26.7. The van der Waals surface area contributed by atoms with Crippen LogP contribution in [0.3, 0.4) is 0 Å². The van der Waals surface area contributed by atoms with E-state index in [0.29, 0.717) is 40.4 Å². The minimum absolute atomic E-state index is 0.167. The molecule has 0 aromatic heterocycles. The van der Waals surface area contributed by atoms with Crippen LogP contribution >= 0.6 is 38.5 Å². The molecule has 37 heavy (non-hydrogen) atoms. The van der Waals surface area contributed by atoms with Crippen LogP contribution in [-0.4, -0.2) is 24.5 Å². The largest absolute Gasteiger partial charge is 0.490 e. The summed E-state index contributed by atoms with van der Waals surface area (Å²) in [6.45, 7) is 6.41. The molecule has 1 aliphatic heterocycles. The fourth-order valence-electron chi connectivity index (χ4n) is 3.73. The number of carbonyl (C=O) groups excluding carboxylic acids is 3. The van der Waals surface area contributed by atoms with Gasteiger partial charge in [-0.05, 0) is 124 Å². The Balaban J connectivity index is 1.66. The van der Waals surface area contributed by atoms with Crippen LogP contribution in [0, 0.1) is 17.4 Å². The number of nitrogens with one attached hydrogen (secondary N) is 1. The van der Waals surface area contributed by atoms with Crippen LogP contribution in [-0.2, 0) is 16.2 Å². The fraction of sp³-hybridized carbons (Fsp3) is 0.179. The monoisotopic (exact) mass is 674 g/mol. The predicted octanol–water partition coefficient (Wildman–Crippen LogP) is 6.31. The summed E-state index contributed by atoms with van der Waals surface area (Å²) in [5.41, 5.74) is 3.70. The Morgan fingerprint density at radius 3 is 2.38 bits per heavy atom. The van der Waals surface area contributed by atoms with Gasteiger partial charge in [0.25, 0.3) is 11.8 Å². The van der Waals surface area contributed by atoms with Crippen LogP contribution in [0.4, 0.5) is 10.5 Å². The number of barbiturate groups is 1. The topological polar surface area (TPSA) is 84.9 Å². The van der Waals surface area contributed by atoms with Gasteiger partial charge in [0, 0.05) is 3.57 Å². The molecule has 0 spiro atoms. The maximum absolute atomic E-state index is 13.3. The Morgan fingerprint density at radius 1 is 0.973 bits per heavy atom. The molecule has 0 radical (unpaired) electrons. The van der Waals surface area contributed by atoms with Crippen molar-refractivity contribution in [3.05, 3.63) is 90.5 Å². The van der Waals surface area contributed by atoms with E-state index >= 15 is 0 Å². The quantitative estimate of drug-likeness (QED) is 0.180. The van der Waals surface area contributed by atoms with Crippen molar-refractivity contribution >= 4 is 68.1 Å². The molecule has 0 saturated carbocycles. The van der Waals surface area contributed by atoms with Crippen LogP contribution < -0.4 is 19.7 Å². The van der Waals surface area contributed by atoms with E-state index < -0.39 is 17.8 Å². The average Bonchev–Trinajstić information content (AvgIpc) is 2.84. The molecule has 1 saturated heterocycles. The number of ether oxygens (including phenoxy) is 2. The number of carbonyl (C=O) groups is 3. The number of amides is 4. The van der Waals surface area contributed by atoms with E-state index in [2.05, 4.69) is 43.8 Å². The highest BCUT2D eigenvalue weighted by molar-refractivity contribution is 14.1. The number of rotatable bonds is 7. The third kappa shape index (κ3) is 6.04. The van der Waals surface area contributed by atoms with Crippen LogP contribution in [0.15, 0.2) is 64.6 Å². The van der Waals surface area contributed by atoms with E-state index in [-0.39, 0.29) is 5.57 Å². The molecular weight excluding hydrogens is 651 g/mol. The number of urea groups is 1. The van der Waals surface area contributed by atoms with Crippen molar-refractivity contribution in [1.29, 1.82) is 0 Å². The Hall–Kier alpha value is -3.18. The van der Waals surface area contributed by atoms with Crippen LogP contribution in [0.2, 0.25) is 0 Å². The van der Waals surface area contributed by atoms with Crippen LogP contribution in [0.1, 0.15) is 29.2 Å². The summed E-state index contributed by atoms with van der Waals surface area (Å²) in [4.78, 5) is 39.5. The predicted molar refractivity (Wildman–Crippen MR) is 154 cm³/mol. The lowest BCUT2D eigenvalue weighted by Gasteiger charge is -2.27. The Kier molecular flexibility index (Phi) is 8.33. The SMILES string of the molecule is CCOc1cc(/C=C2\C(=O)NC(=O)N(c3ccc(C)c(C)c3)C2=O)cc(Br)c1OCc1ccc(I)cc1. The molecule has 1 fully saturated rings. The Bertz CT molecular complexity index is 1420. The van der Waals surface area contributed by atoms with E-state index in [9.17, 15) is 14.4 Å². The Labute approximate surface area is 237 Å². The lowest BCUT2D eigenvalue weighted by Crippen LogP contribution is -2.54. The first-order chi connectivity index (χ1) is 17.7. The molecule has 0 bridgehead atoms. The number of nitrogens with zero attached hydrogens (tertiary/aromatic N) is 1. The van der Waals surface area contributed by atoms with E-state index in [0.717, 1.165) is 25.2 Å². The third-order valence-corrected chi connectivity index (χ3v) is 7.10. The molecule has 0 unspecified atom stereocenters. The number of hydrogen-bond acceptors (Lipinski definition) is 5. The molecule has 9 heteroatoms. The summed E-state index contributed by atoms with van der Waals surface area (Å²) < 4.78 is 13.6. The number of benzene rings is 3.